The van der Waals surface area contributed by atoms with E-state index in [0.29, 0.717) is 11.5 Å². The molecule has 2 atom stereocenters. The summed E-state index contributed by atoms with van der Waals surface area (Å²) in [5.74, 6) is 0.909. The quantitative estimate of drug-likeness (QED) is 0.107. The first-order valence-electron chi connectivity index (χ1n) is 17.9. The molecule has 1 fully saturated rings. The van der Waals surface area contributed by atoms with Crippen molar-refractivity contribution in [2.45, 2.75) is 219 Å². The first kappa shape index (κ1) is 35.0. The molecule has 0 aliphatic heterocycles. The molecule has 0 spiro atoms. The third-order valence-corrected chi connectivity index (χ3v) is 9.64. The Morgan fingerprint density at radius 3 is 1.22 bits per heavy atom. The van der Waals surface area contributed by atoms with Gasteiger partial charge in [0, 0.05) is 6.04 Å². The zero-order valence-corrected chi connectivity index (χ0v) is 26.4. The van der Waals surface area contributed by atoms with Crippen molar-refractivity contribution < 1.29 is 0 Å². The predicted octanol–water partition coefficient (Wildman–Crippen LogP) is 12.7. The lowest BCUT2D eigenvalue weighted by molar-refractivity contribution is 0.0865. The number of rotatable bonds is 27. The van der Waals surface area contributed by atoms with Crippen LogP contribution < -0.4 is 5.73 Å². The Hall–Kier alpha value is -0.0400. The minimum Gasteiger partial charge on any atom is -0.328 e. The topological polar surface area (TPSA) is 26.0 Å². The van der Waals surface area contributed by atoms with Crippen molar-refractivity contribution in [2.75, 3.05) is 0 Å². The lowest BCUT2D eigenvalue weighted by Crippen LogP contribution is -2.40. The molecule has 2 unspecified atom stereocenters. The van der Waals surface area contributed by atoms with Gasteiger partial charge in [0.1, 0.15) is 0 Å². The van der Waals surface area contributed by atoms with Crippen LogP contribution in [0.5, 0.6) is 0 Å². The van der Waals surface area contributed by atoms with Crippen LogP contribution in [0.15, 0.2) is 0 Å². The van der Waals surface area contributed by atoms with Gasteiger partial charge in [-0.25, -0.2) is 0 Å². The van der Waals surface area contributed by atoms with E-state index in [-0.39, 0.29) is 0 Å². The van der Waals surface area contributed by atoms with Gasteiger partial charge in [0.2, 0.25) is 0 Å². The van der Waals surface area contributed by atoms with Gasteiger partial charge in [-0.2, -0.15) is 0 Å². The van der Waals surface area contributed by atoms with Crippen molar-refractivity contribution in [3.8, 4) is 0 Å². The summed E-state index contributed by atoms with van der Waals surface area (Å²) >= 11 is 0. The fourth-order valence-electron chi connectivity index (χ4n) is 7.43. The van der Waals surface area contributed by atoms with Crippen LogP contribution in [0.25, 0.3) is 0 Å². The van der Waals surface area contributed by atoms with E-state index in [2.05, 4.69) is 20.8 Å². The van der Waals surface area contributed by atoms with Crippen LogP contribution >= 0.6 is 0 Å². The molecule has 1 saturated carbocycles. The maximum atomic E-state index is 6.80. The van der Waals surface area contributed by atoms with Gasteiger partial charge >= 0.3 is 0 Å². The summed E-state index contributed by atoms with van der Waals surface area (Å²) in [6.45, 7) is 6.96. The predicted molar refractivity (Wildman–Crippen MR) is 169 cm³/mol. The summed E-state index contributed by atoms with van der Waals surface area (Å²) in [6.07, 6.45) is 43.2. The number of hydrogen-bond donors (Lipinski definition) is 1. The first-order valence-corrected chi connectivity index (χ1v) is 17.9. The number of nitrogens with two attached hydrogens (primary N) is 1. The van der Waals surface area contributed by atoms with Crippen molar-refractivity contribution in [1.82, 2.24) is 0 Å². The molecule has 1 aliphatic rings. The standard InChI is InChI=1S/C36H73N/c1-4-7-10-13-16-19-22-25-28-34-31-35(37)33-36(32-34,29-26-23-20-17-14-11-8-5-2)30-27-24-21-18-15-12-9-6-3/h34-35H,4-33,37H2,1-3H3. The summed E-state index contributed by atoms with van der Waals surface area (Å²) < 4.78 is 0. The molecule has 1 nitrogen and oxygen atoms in total. The molecule has 1 aliphatic carbocycles. The molecule has 1 rings (SSSR count). The Bertz CT molecular complexity index is 438. The summed E-state index contributed by atoms with van der Waals surface area (Å²) in [7, 11) is 0. The highest BCUT2D eigenvalue weighted by atomic mass is 14.7. The number of hydrogen-bond acceptors (Lipinski definition) is 1. The van der Waals surface area contributed by atoms with Gasteiger partial charge in [-0.05, 0) is 43.4 Å². The fourth-order valence-corrected chi connectivity index (χ4v) is 7.43. The monoisotopic (exact) mass is 520 g/mol. The van der Waals surface area contributed by atoms with Crippen molar-refractivity contribution in [3.05, 3.63) is 0 Å². The largest absolute Gasteiger partial charge is 0.328 e. The second-order valence-corrected chi connectivity index (χ2v) is 13.5. The van der Waals surface area contributed by atoms with Gasteiger partial charge < -0.3 is 5.73 Å². The Morgan fingerprint density at radius 1 is 0.459 bits per heavy atom. The van der Waals surface area contributed by atoms with E-state index in [1.54, 1.807) is 0 Å². The van der Waals surface area contributed by atoms with E-state index in [4.69, 9.17) is 5.73 Å². The van der Waals surface area contributed by atoms with E-state index < -0.39 is 0 Å². The molecule has 0 aromatic rings. The third-order valence-electron chi connectivity index (χ3n) is 9.64. The van der Waals surface area contributed by atoms with Crippen molar-refractivity contribution >= 4 is 0 Å². The molecule has 0 amide bonds. The van der Waals surface area contributed by atoms with Gasteiger partial charge in [0.05, 0.1) is 0 Å². The molecule has 2 N–H and O–H groups in total. The van der Waals surface area contributed by atoms with Gasteiger partial charge in [0.25, 0.3) is 0 Å². The van der Waals surface area contributed by atoms with Crippen LogP contribution in [0.4, 0.5) is 0 Å². The Morgan fingerprint density at radius 2 is 0.811 bits per heavy atom. The lowest BCUT2D eigenvalue weighted by Gasteiger charge is -2.44. The zero-order chi connectivity index (χ0) is 26.9. The highest BCUT2D eigenvalue weighted by Crippen LogP contribution is 2.48. The molecule has 0 heterocycles. The van der Waals surface area contributed by atoms with Gasteiger partial charge in [-0.15, -0.1) is 0 Å². The molecule has 222 valence electrons. The number of unbranched alkanes of at least 4 members (excludes halogenated alkanes) is 21. The average molecular weight is 520 g/mol. The minimum atomic E-state index is 0.468. The van der Waals surface area contributed by atoms with Gasteiger partial charge in [-0.1, -0.05) is 181 Å². The second kappa shape index (κ2) is 25.0. The van der Waals surface area contributed by atoms with Gasteiger partial charge in [-0.3, -0.25) is 0 Å². The van der Waals surface area contributed by atoms with Crippen molar-refractivity contribution in [2.24, 2.45) is 17.1 Å². The van der Waals surface area contributed by atoms with E-state index >= 15 is 0 Å². The summed E-state index contributed by atoms with van der Waals surface area (Å²) in [5, 5.41) is 0. The van der Waals surface area contributed by atoms with Crippen LogP contribution in [0, 0.1) is 11.3 Å². The first-order chi connectivity index (χ1) is 18.2. The Kier molecular flexibility index (Phi) is 23.6. The average Bonchev–Trinajstić information content (AvgIpc) is 2.88. The molecule has 0 saturated heterocycles. The van der Waals surface area contributed by atoms with E-state index in [9.17, 15) is 0 Å². The minimum absolute atomic E-state index is 0.468. The molecular weight excluding hydrogens is 446 g/mol. The molecule has 37 heavy (non-hydrogen) atoms. The maximum absolute atomic E-state index is 6.80. The summed E-state index contributed by atoms with van der Waals surface area (Å²) in [5.41, 5.74) is 7.37. The van der Waals surface area contributed by atoms with E-state index in [0.717, 1.165) is 5.92 Å². The SMILES string of the molecule is CCCCCCCCCCC1CC(N)CC(CCCCCCCCCC)(CCCCCCCCCC)C1. The van der Waals surface area contributed by atoms with Crippen LogP contribution in [0.1, 0.15) is 213 Å². The van der Waals surface area contributed by atoms with Gasteiger partial charge in [0.15, 0.2) is 0 Å². The molecule has 0 radical (unpaired) electrons. The Balaban J connectivity index is 2.43. The molecule has 1 heteroatoms. The maximum Gasteiger partial charge on any atom is 0.00467 e. The van der Waals surface area contributed by atoms with Crippen molar-refractivity contribution in [3.63, 3.8) is 0 Å². The normalized spacial score (nSPS) is 19.5. The van der Waals surface area contributed by atoms with Crippen LogP contribution in [0.3, 0.4) is 0 Å². The summed E-state index contributed by atoms with van der Waals surface area (Å²) in [4.78, 5) is 0. The lowest BCUT2D eigenvalue weighted by atomic mass is 9.62. The summed E-state index contributed by atoms with van der Waals surface area (Å²) in [6, 6.07) is 0.468. The third kappa shape index (κ3) is 19.6. The molecule has 0 aromatic heterocycles. The van der Waals surface area contributed by atoms with Crippen LogP contribution in [0.2, 0.25) is 0 Å². The molecule has 0 aromatic carbocycles. The Labute approximate surface area is 236 Å². The highest BCUT2D eigenvalue weighted by molar-refractivity contribution is 4.92. The zero-order valence-electron chi connectivity index (χ0n) is 26.4. The van der Waals surface area contributed by atoms with E-state index in [1.165, 1.54) is 193 Å². The second-order valence-electron chi connectivity index (χ2n) is 13.5. The molecule has 0 bridgehead atoms. The fraction of sp³-hybridized carbons (Fsp3) is 1.00. The smallest absolute Gasteiger partial charge is 0.00467 e. The highest BCUT2D eigenvalue weighted by Gasteiger charge is 2.38. The van der Waals surface area contributed by atoms with Crippen molar-refractivity contribution in [1.29, 1.82) is 0 Å². The van der Waals surface area contributed by atoms with Crippen LogP contribution in [-0.2, 0) is 0 Å². The molecular formula is C36H73N. The van der Waals surface area contributed by atoms with Crippen LogP contribution in [-0.4, -0.2) is 6.04 Å². The van der Waals surface area contributed by atoms with E-state index in [1.807, 2.05) is 0 Å².